The molecule has 5 heteroatoms. The van der Waals surface area contributed by atoms with E-state index in [-0.39, 0.29) is 5.91 Å². The fraction of sp³-hybridized carbons (Fsp3) is 0.500. The first-order valence-corrected chi connectivity index (χ1v) is 6.27. The maximum atomic E-state index is 11.8. The summed E-state index contributed by atoms with van der Waals surface area (Å²) in [7, 11) is 4.98. The van der Waals surface area contributed by atoms with Gasteiger partial charge in [-0.05, 0) is 30.7 Å². The molecule has 19 heavy (non-hydrogen) atoms. The van der Waals surface area contributed by atoms with Crippen molar-refractivity contribution in [3.63, 3.8) is 0 Å². The maximum Gasteiger partial charge on any atom is 0.222 e. The van der Waals surface area contributed by atoms with Crippen LogP contribution in [0.25, 0.3) is 0 Å². The van der Waals surface area contributed by atoms with E-state index in [9.17, 15) is 4.79 Å². The average Bonchev–Trinajstić information content (AvgIpc) is 2.44. The van der Waals surface area contributed by atoms with E-state index in [4.69, 9.17) is 15.2 Å². The van der Waals surface area contributed by atoms with Crippen molar-refractivity contribution in [1.29, 1.82) is 0 Å². The normalized spacial score (nSPS) is 10.1. The van der Waals surface area contributed by atoms with Crippen LogP contribution in [0.4, 0.5) is 0 Å². The van der Waals surface area contributed by atoms with Crippen LogP contribution in [0, 0.1) is 0 Å². The summed E-state index contributed by atoms with van der Waals surface area (Å²) in [6.07, 6.45) is 1.20. The molecule has 0 saturated heterocycles. The molecule has 0 fully saturated rings. The van der Waals surface area contributed by atoms with Crippen LogP contribution in [0.2, 0.25) is 0 Å². The van der Waals surface area contributed by atoms with Gasteiger partial charge in [0.25, 0.3) is 0 Å². The molecule has 1 aromatic rings. The summed E-state index contributed by atoms with van der Waals surface area (Å²) in [4.78, 5) is 13.5. The first-order valence-electron chi connectivity index (χ1n) is 6.27. The molecule has 0 aliphatic carbocycles. The molecule has 0 unspecified atom stereocenters. The first-order chi connectivity index (χ1) is 9.12. The summed E-state index contributed by atoms with van der Waals surface area (Å²) in [6.45, 7) is 1.08. The molecule has 1 amide bonds. The number of ether oxygens (including phenoxy) is 2. The van der Waals surface area contributed by atoms with Gasteiger partial charge in [0.1, 0.15) is 0 Å². The number of hydrogen-bond donors (Lipinski definition) is 1. The van der Waals surface area contributed by atoms with Crippen LogP contribution in [-0.4, -0.2) is 38.6 Å². The number of carbonyl (C=O) groups is 1. The topological polar surface area (TPSA) is 64.8 Å². The number of hydrogen-bond acceptors (Lipinski definition) is 4. The molecule has 0 bridgehead atoms. The molecular weight excluding hydrogens is 244 g/mol. The van der Waals surface area contributed by atoms with E-state index in [1.54, 1.807) is 26.2 Å². The van der Waals surface area contributed by atoms with Crippen molar-refractivity contribution in [2.75, 3.05) is 27.8 Å². The SMILES string of the molecule is COc1ccc(CN(C)C(=O)CCCN)cc1OC. The maximum absolute atomic E-state index is 11.8. The van der Waals surface area contributed by atoms with Gasteiger partial charge in [-0.15, -0.1) is 0 Å². The van der Waals surface area contributed by atoms with E-state index >= 15 is 0 Å². The molecule has 0 heterocycles. The van der Waals surface area contributed by atoms with E-state index < -0.39 is 0 Å². The summed E-state index contributed by atoms with van der Waals surface area (Å²) in [5.74, 6) is 1.45. The monoisotopic (exact) mass is 266 g/mol. The molecule has 5 nitrogen and oxygen atoms in total. The quantitative estimate of drug-likeness (QED) is 0.810. The van der Waals surface area contributed by atoms with Crippen molar-refractivity contribution in [2.45, 2.75) is 19.4 Å². The largest absolute Gasteiger partial charge is 0.493 e. The molecule has 2 N–H and O–H groups in total. The number of carbonyl (C=O) groups excluding carboxylic acids is 1. The zero-order valence-corrected chi connectivity index (χ0v) is 11.8. The summed E-state index contributed by atoms with van der Waals surface area (Å²) in [5, 5.41) is 0. The van der Waals surface area contributed by atoms with E-state index in [2.05, 4.69) is 0 Å². The Labute approximate surface area is 114 Å². The summed E-state index contributed by atoms with van der Waals surface area (Å²) >= 11 is 0. The van der Waals surface area contributed by atoms with Crippen LogP contribution < -0.4 is 15.2 Å². The highest BCUT2D eigenvalue weighted by Crippen LogP contribution is 2.27. The van der Waals surface area contributed by atoms with Gasteiger partial charge in [-0.1, -0.05) is 6.07 Å². The van der Waals surface area contributed by atoms with Crippen LogP contribution in [0.1, 0.15) is 18.4 Å². The van der Waals surface area contributed by atoms with Crippen molar-refractivity contribution in [2.24, 2.45) is 5.73 Å². The highest BCUT2D eigenvalue weighted by atomic mass is 16.5. The number of rotatable bonds is 7. The molecule has 0 spiro atoms. The molecule has 0 aromatic heterocycles. The molecule has 0 aliphatic rings. The Hall–Kier alpha value is -1.75. The number of amides is 1. The fourth-order valence-electron chi connectivity index (χ4n) is 1.79. The third-order valence-electron chi connectivity index (χ3n) is 2.89. The number of methoxy groups -OCH3 is 2. The van der Waals surface area contributed by atoms with E-state index in [1.165, 1.54) is 0 Å². The smallest absolute Gasteiger partial charge is 0.222 e. The zero-order chi connectivity index (χ0) is 14.3. The lowest BCUT2D eigenvalue weighted by Crippen LogP contribution is -2.26. The molecule has 0 saturated carbocycles. The van der Waals surface area contributed by atoms with Gasteiger partial charge in [-0.2, -0.15) is 0 Å². The Bertz CT molecular complexity index is 421. The summed E-state index contributed by atoms with van der Waals surface area (Å²) in [6, 6.07) is 5.64. The third-order valence-corrected chi connectivity index (χ3v) is 2.89. The number of benzene rings is 1. The van der Waals surface area contributed by atoms with Crippen molar-refractivity contribution in [1.82, 2.24) is 4.90 Å². The summed E-state index contributed by atoms with van der Waals surface area (Å²) in [5.41, 5.74) is 6.40. The lowest BCUT2D eigenvalue weighted by Gasteiger charge is -2.18. The van der Waals surface area contributed by atoms with Crippen molar-refractivity contribution >= 4 is 5.91 Å². The second kappa shape index (κ2) is 7.63. The lowest BCUT2D eigenvalue weighted by atomic mass is 10.2. The second-order valence-corrected chi connectivity index (χ2v) is 4.33. The second-order valence-electron chi connectivity index (χ2n) is 4.33. The molecule has 1 aromatic carbocycles. The average molecular weight is 266 g/mol. The van der Waals surface area contributed by atoms with Gasteiger partial charge < -0.3 is 20.1 Å². The minimum Gasteiger partial charge on any atom is -0.493 e. The Morgan fingerprint density at radius 1 is 1.26 bits per heavy atom. The number of nitrogens with zero attached hydrogens (tertiary/aromatic N) is 1. The van der Waals surface area contributed by atoms with Gasteiger partial charge >= 0.3 is 0 Å². The van der Waals surface area contributed by atoms with Crippen LogP contribution in [0.3, 0.4) is 0 Å². The van der Waals surface area contributed by atoms with Crippen LogP contribution in [0.5, 0.6) is 11.5 Å². The Balaban J connectivity index is 2.68. The van der Waals surface area contributed by atoms with E-state index in [1.807, 2.05) is 18.2 Å². The molecule has 1 rings (SSSR count). The Morgan fingerprint density at radius 2 is 1.95 bits per heavy atom. The lowest BCUT2D eigenvalue weighted by molar-refractivity contribution is -0.130. The van der Waals surface area contributed by atoms with Gasteiger partial charge in [0.15, 0.2) is 11.5 Å². The molecule has 0 atom stereocenters. The highest BCUT2D eigenvalue weighted by Gasteiger charge is 2.10. The predicted molar refractivity (Wildman–Crippen MR) is 74.3 cm³/mol. The van der Waals surface area contributed by atoms with Gasteiger partial charge in [-0.25, -0.2) is 0 Å². The fourth-order valence-corrected chi connectivity index (χ4v) is 1.79. The van der Waals surface area contributed by atoms with Crippen molar-refractivity contribution < 1.29 is 14.3 Å². The van der Waals surface area contributed by atoms with Crippen LogP contribution >= 0.6 is 0 Å². The number of nitrogens with two attached hydrogens (primary N) is 1. The minimum atomic E-state index is 0.0974. The van der Waals surface area contributed by atoms with Gasteiger partial charge in [0, 0.05) is 20.0 Å². The molecular formula is C14H22N2O3. The van der Waals surface area contributed by atoms with Crippen molar-refractivity contribution in [3.8, 4) is 11.5 Å². The standard InChI is InChI=1S/C14H22N2O3/c1-16(14(17)5-4-8-15)10-11-6-7-12(18-2)13(9-11)19-3/h6-7,9H,4-5,8,10,15H2,1-3H3. The van der Waals surface area contributed by atoms with E-state index in [0.29, 0.717) is 31.0 Å². The molecule has 0 radical (unpaired) electrons. The highest BCUT2D eigenvalue weighted by molar-refractivity contribution is 5.75. The minimum absolute atomic E-state index is 0.0974. The first kappa shape index (κ1) is 15.3. The van der Waals surface area contributed by atoms with E-state index in [0.717, 1.165) is 12.0 Å². The third kappa shape index (κ3) is 4.44. The Morgan fingerprint density at radius 3 is 2.53 bits per heavy atom. The molecule has 0 aliphatic heterocycles. The van der Waals surface area contributed by atoms with Gasteiger partial charge in [-0.3, -0.25) is 4.79 Å². The predicted octanol–water partition coefficient (Wildman–Crippen LogP) is 1.40. The van der Waals surface area contributed by atoms with Crippen LogP contribution in [0.15, 0.2) is 18.2 Å². The summed E-state index contributed by atoms with van der Waals surface area (Å²) < 4.78 is 10.4. The van der Waals surface area contributed by atoms with Gasteiger partial charge in [0.05, 0.1) is 14.2 Å². The van der Waals surface area contributed by atoms with Crippen molar-refractivity contribution in [3.05, 3.63) is 23.8 Å². The van der Waals surface area contributed by atoms with Crippen LogP contribution in [-0.2, 0) is 11.3 Å². The zero-order valence-electron chi connectivity index (χ0n) is 11.8. The van der Waals surface area contributed by atoms with Gasteiger partial charge in [0.2, 0.25) is 5.91 Å². The Kier molecular flexibility index (Phi) is 6.15. The molecule has 106 valence electrons.